The summed E-state index contributed by atoms with van der Waals surface area (Å²) in [6, 6.07) is 6.41. The molecule has 0 spiro atoms. The van der Waals surface area contributed by atoms with E-state index in [-0.39, 0.29) is 0 Å². The Hall–Kier alpha value is -0.250. The van der Waals surface area contributed by atoms with Crippen LogP contribution in [0.2, 0.25) is 5.02 Å². The lowest BCUT2D eigenvalue weighted by Crippen LogP contribution is -2.34. The number of hydrogen-bond donors (Lipinski definition) is 0. The van der Waals surface area contributed by atoms with Crippen LogP contribution < -0.4 is 4.90 Å². The Morgan fingerprint density at radius 1 is 1.41 bits per heavy atom. The highest BCUT2D eigenvalue weighted by Gasteiger charge is 2.16. The van der Waals surface area contributed by atoms with E-state index in [9.17, 15) is 0 Å². The van der Waals surface area contributed by atoms with Crippen molar-refractivity contribution in [2.45, 2.75) is 25.2 Å². The van der Waals surface area contributed by atoms with Gasteiger partial charge in [0.25, 0.3) is 0 Å². The molecule has 0 aliphatic carbocycles. The van der Waals surface area contributed by atoms with Gasteiger partial charge in [-0.15, -0.1) is 0 Å². The van der Waals surface area contributed by atoms with E-state index in [4.69, 9.17) is 16.3 Å². The van der Waals surface area contributed by atoms with Crippen molar-refractivity contribution in [2.75, 3.05) is 25.2 Å². The van der Waals surface area contributed by atoms with Gasteiger partial charge in [0, 0.05) is 25.0 Å². The second-order valence-corrected chi connectivity index (χ2v) is 5.13. The van der Waals surface area contributed by atoms with Gasteiger partial charge in [0.2, 0.25) is 0 Å². The molecule has 17 heavy (non-hydrogen) atoms. The first-order valence-corrected chi connectivity index (χ1v) is 7.20. The minimum atomic E-state index is 0.392. The van der Waals surface area contributed by atoms with E-state index in [0.717, 1.165) is 22.6 Å². The molecule has 4 heteroatoms. The van der Waals surface area contributed by atoms with Gasteiger partial charge >= 0.3 is 0 Å². The molecular formula is C13H19BrClNO. The quantitative estimate of drug-likeness (QED) is 0.732. The lowest BCUT2D eigenvalue weighted by molar-refractivity contribution is 0.204. The van der Waals surface area contributed by atoms with Crippen molar-refractivity contribution in [3.63, 3.8) is 0 Å². The van der Waals surface area contributed by atoms with Crippen molar-refractivity contribution in [1.82, 2.24) is 0 Å². The maximum atomic E-state index is 6.32. The van der Waals surface area contributed by atoms with Crippen LogP contribution in [0.3, 0.4) is 0 Å². The Morgan fingerprint density at radius 2 is 2.12 bits per heavy atom. The molecule has 0 atom stereocenters. The number of anilines is 1. The van der Waals surface area contributed by atoms with Gasteiger partial charge in [-0.2, -0.15) is 0 Å². The summed E-state index contributed by atoms with van der Waals surface area (Å²) in [4.78, 5) is 2.28. The summed E-state index contributed by atoms with van der Waals surface area (Å²) in [7, 11) is 1.72. The van der Waals surface area contributed by atoms with Gasteiger partial charge in [-0.25, -0.2) is 0 Å². The zero-order chi connectivity index (χ0) is 12.8. The van der Waals surface area contributed by atoms with Gasteiger partial charge in [0.1, 0.15) is 0 Å². The summed E-state index contributed by atoms with van der Waals surface area (Å²) in [6.07, 6.45) is 0. The summed E-state index contributed by atoms with van der Waals surface area (Å²) in [5, 5.41) is 1.60. The van der Waals surface area contributed by atoms with Crippen LogP contribution in [-0.2, 0) is 10.1 Å². The molecule has 0 unspecified atom stereocenters. The van der Waals surface area contributed by atoms with Gasteiger partial charge in [-0.05, 0) is 25.5 Å². The van der Waals surface area contributed by atoms with E-state index in [0.29, 0.717) is 12.6 Å². The monoisotopic (exact) mass is 319 g/mol. The van der Waals surface area contributed by atoms with Crippen LogP contribution in [0, 0.1) is 0 Å². The molecule has 0 aliphatic rings. The van der Waals surface area contributed by atoms with Crippen molar-refractivity contribution < 1.29 is 4.74 Å². The zero-order valence-electron chi connectivity index (χ0n) is 10.5. The fraction of sp³-hybridized carbons (Fsp3) is 0.538. The number of benzene rings is 1. The van der Waals surface area contributed by atoms with Crippen molar-refractivity contribution in [3.05, 3.63) is 28.8 Å². The van der Waals surface area contributed by atoms with E-state index >= 15 is 0 Å². The molecule has 0 saturated carbocycles. The highest BCUT2D eigenvalue weighted by atomic mass is 79.9. The molecule has 0 aliphatic heterocycles. The van der Waals surface area contributed by atoms with Crippen molar-refractivity contribution >= 4 is 33.2 Å². The van der Waals surface area contributed by atoms with Crippen molar-refractivity contribution in [3.8, 4) is 0 Å². The molecule has 1 aromatic carbocycles. The largest absolute Gasteiger partial charge is 0.383 e. The van der Waals surface area contributed by atoms with E-state index in [2.05, 4.69) is 40.7 Å². The van der Waals surface area contributed by atoms with Crippen LogP contribution in [0.5, 0.6) is 0 Å². The molecule has 96 valence electrons. The number of halogens is 2. The summed E-state index contributed by atoms with van der Waals surface area (Å²) in [5.74, 6) is 0. The van der Waals surface area contributed by atoms with Crippen LogP contribution in [0.1, 0.15) is 19.4 Å². The fourth-order valence-corrected chi connectivity index (χ4v) is 2.56. The van der Waals surface area contributed by atoms with Crippen LogP contribution in [0.15, 0.2) is 18.2 Å². The van der Waals surface area contributed by atoms with Gasteiger partial charge in [-0.3, -0.25) is 0 Å². The normalized spacial score (nSPS) is 10.9. The third-order valence-electron chi connectivity index (χ3n) is 2.66. The molecule has 0 aromatic heterocycles. The number of hydrogen-bond acceptors (Lipinski definition) is 2. The molecule has 0 radical (unpaired) electrons. The summed E-state index contributed by atoms with van der Waals surface area (Å²) in [5.41, 5.74) is 2.32. The maximum Gasteiger partial charge on any atom is 0.0642 e. The maximum absolute atomic E-state index is 6.32. The predicted octanol–water partition coefficient (Wildman–Crippen LogP) is 4.10. The molecule has 0 bridgehead atoms. The Bertz CT molecular complexity index is 357. The third kappa shape index (κ3) is 3.87. The van der Waals surface area contributed by atoms with Crippen LogP contribution >= 0.6 is 27.5 Å². The number of rotatable bonds is 6. The Morgan fingerprint density at radius 3 is 2.65 bits per heavy atom. The molecule has 0 saturated heterocycles. The minimum Gasteiger partial charge on any atom is -0.383 e. The van der Waals surface area contributed by atoms with E-state index in [1.165, 1.54) is 5.56 Å². The van der Waals surface area contributed by atoms with E-state index in [1.807, 2.05) is 12.1 Å². The standard InChI is InChI=1S/C13H19BrClNO/c1-10(2)16(7-8-17-3)13-11(9-14)5-4-6-12(13)15/h4-6,10H,7-9H2,1-3H3. The Labute approximate surface area is 117 Å². The number of ether oxygens (including phenoxy) is 1. The number of nitrogens with zero attached hydrogens (tertiary/aromatic N) is 1. The Balaban J connectivity index is 3.07. The smallest absolute Gasteiger partial charge is 0.0642 e. The second kappa shape index (κ2) is 7.24. The average molecular weight is 321 g/mol. The highest BCUT2D eigenvalue weighted by Crippen LogP contribution is 2.32. The van der Waals surface area contributed by atoms with Crippen molar-refractivity contribution in [1.29, 1.82) is 0 Å². The van der Waals surface area contributed by atoms with Crippen LogP contribution in [0.25, 0.3) is 0 Å². The average Bonchev–Trinajstić information content (AvgIpc) is 2.30. The molecule has 0 amide bonds. The topological polar surface area (TPSA) is 12.5 Å². The van der Waals surface area contributed by atoms with Crippen LogP contribution in [-0.4, -0.2) is 26.3 Å². The van der Waals surface area contributed by atoms with E-state index in [1.54, 1.807) is 7.11 Å². The lowest BCUT2D eigenvalue weighted by Gasteiger charge is -2.31. The molecule has 1 aromatic rings. The fourth-order valence-electron chi connectivity index (χ4n) is 1.81. The summed E-state index contributed by atoms with van der Waals surface area (Å²) < 4.78 is 5.16. The first-order chi connectivity index (χ1) is 8.11. The van der Waals surface area contributed by atoms with Crippen LogP contribution in [0.4, 0.5) is 5.69 Å². The molecular weight excluding hydrogens is 302 g/mol. The molecule has 0 fully saturated rings. The Kier molecular flexibility index (Phi) is 6.31. The third-order valence-corrected chi connectivity index (χ3v) is 3.57. The molecule has 0 heterocycles. The number of alkyl halides is 1. The number of methoxy groups -OCH3 is 1. The zero-order valence-corrected chi connectivity index (χ0v) is 12.9. The summed E-state index contributed by atoms with van der Waals surface area (Å²) >= 11 is 9.83. The second-order valence-electron chi connectivity index (χ2n) is 4.16. The molecule has 2 nitrogen and oxygen atoms in total. The molecule has 1 rings (SSSR count). The molecule has 0 N–H and O–H groups in total. The van der Waals surface area contributed by atoms with Gasteiger partial charge in [-0.1, -0.05) is 39.7 Å². The predicted molar refractivity (Wildman–Crippen MR) is 78.4 cm³/mol. The van der Waals surface area contributed by atoms with Gasteiger partial charge < -0.3 is 9.64 Å². The summed E-state index contributed by atoms with van der Waals surface area (Å²) in [6.45, 7) is 5.87. The minimum absolute atomic E-state index is 0.392. The van der Waals surface area contributed by atoms with Gasteiger partial charge in [0.15, 0.2) is 0 Å². The first-order valence-electron chi connectivity index (χ1n) is 5.70. The van der Waals surface area contributed by atoms with E-state index < -0.39 is 0 Å². The lowest BCUT2D eigenvalue weighted by atomic mass is 10.1. The number of para-hydroxylation sites is 1. The first kappa shape index (κ1) is 14.8. The van der Waals surface area contributed by atoms with Gasteiger partial charge in [0.05, 0.1) is 17.3 Å². The van der Waals surface area contributed by atoms with Crippen molar-refractivity contribution in [2.24, 2.45) is 0 Å². The SMILES string of the molecule is COCCN(c1c(Cl)cccc1CBr)C(C)C. The highest BCUT2D eigenvalue weighted by molar-refractivity contribution is 9.08.